The van der Waals surface area contributed by atoms with Crippen molar-refractivity contribution in [1.82, 2.24) is 9.88 Å². The van der Waals surface area contributed by atoms with Gasteiger partial charge in [0.15, 0.2) is 0 Å². The number of hydrogen-bond acceptors (Lipinski definition) is 2. The third-order valence-electron chi connectivity index (χ3n) is 4.35. The van der Waals surface area contributed by atoms with E-state index in [4.69, 9.17) is 11.6 Å². The lowest BCUT2D eigenvalue weighted by atomic mass is 9.97. The van der Waals surface area contributed by atoms with E-state index in [1.165, 1.54) is 11.1 Å². The first-order chi connectivity index (χ1) is 10.6. The number of carbonyl (C=O) groups is 1. The molecule has 1 amide bonds. The molecule has 1 aromatic heterocycles. The first-order valence-corrected chi connectivity index (χ1v) is 7.94. The summed E-state index contributed by atoms with van der Waals surface area (Å²) < 4.78 is 0. The average molecular weight is 315 g/mol. The van der Waals surface area contributed by atoms with Gasteiger partial charge < -0.3 is 4.90 Å². The minimum atomic E-state index is 0.154. The highest BCUT2D eigenvalue weighted by molar-refractivity contribution is 6.30. The molecule has 0 saturated heterocycles. The normalized spacial score (nSPS) is 16.4. The quantitative estimate of drug-likeness (QED) is 0.804. The second kappa shape index (κ2) is 6.49. The Balaban J connectivity index is 1.64. The zero-order valence-corrected chi connectivity index (χ0v) is 13.4. The first-order valence-electron chi connectivity index (χ1n) is 7.56. The van der Waals surface area contributed by atoms with Crippen LogP contribution in [0.3, 0.4) is 0 Å². The van der Waals surface area contributed by atoms with Crippen molar-refractivity contribution in [3.8, 4) is 0 Å². The largest absolute Gasteiger partial charge is 0.341 e. The molecule has 1 aromatic carbocycles. The average Bonchev–Trinajstić information content (AvgIpc) is 2.93. The van der Waals surface area contributed by atoms with Crippen molar-refractivity contribution in [2.75, 3.05) is 7.05 Å². The van der Waals surface area contributed by atoms with E-state index in [2.05, 4.69) is 29.2 Å². The highest BCUT2D eigenvalue weighted by Gasteiger charge is 2.25. The maximum atomic E-state index is 12.5. The summed E-state index contributed by atoms with van der Waals surface area (Å²) in [7, 11) is 1.83. The Labute approximate surface area is 135 Å². The third-order valence-corrected chi connectivity index (χ3v) is 4.69. The van der Waals surface area contributed by atoms with Crippen molar-refractivity contribution in [2.24, 2.45) is 0 Å². The second-order valence-corrected chi connectivity index (χ2v) is 6.20. The molecule has 1 atom stereocenters. The van der Waals surface area contributed by atoms with E-state index in [0.717, 1.165) is 18.4 Å². The number of halogens is 1. The maximum Gasteiger partial charge on any atom is 0.223 e. The van der Waals surface area contributed by atoms with Crippen LogP contribution in [-0.4, -0.2) is 22.8 Å². The smallest absolute Gasteiger partial charge is 0.223 e. The first kappa shape index (κ1) is 15.0. The molecule has 0 unspecified atom stereocenters. The van der Waals surface area contributed by atoms with Gasteiger partial charge in [0.1, 0.15) is 5.15 Å². The number of carbonyl (C=O) groups excluding carboxylic acids is 1. The Morgan fingerprint density at radius 2 is 2.14 bits per heavy atom. The van der Waals surface area contributed by atoms with Crippen molar-refractivity contribution in [1.29, 1.82) is 0 Å². The van der Waals surface area contributed by atoms with E-state index < -0.39 is 0 Å². The van der Waals surface area contributed by atoms with Gasteiger partial charge >= 0.3 is 0 Å². The summed E-state index contributed by atoms with van der Waals surface area (Å²) in [5.74, 6) is 0.497. The van der Waals surface area contributed by atoms with Crippen molar-refractivity contribution in [2.45, 2.75) is 31.7 Å². The van der Waals surface area contributed by atoms with Crippen molar-refractivity contribution >= 4 is 17.5 Å². The predicted molar refractivity (Wildman–Crippen MR) is 87.8 cm³/mol. The molecule has 1 heterocycles. The minimum Gasteiger partial charge on any atom is -0.341 e. The Morgan fingerprint density at radius 3 is 2.95 bits per heavy atom. The van der Waals surface area contributed by atoms with Crippen LogP contribution in [-0.2, 0) is 17.8 Å². The fourth-order valence-electron chi connectivity index (χ4n) is 3.10. The van der Waals surface area contributed by atoms with Crippen LogP contribution in [0.15, 0.2) is 42.6 Å². The molecule has 0 radical (unpaired) electrons. The van der Waals surface area contributed by atoms with E-state index in [-0.39, 0.29) is 5.91 Å². The fourth-order valence-corrected chi connectivity index (χ4v) is 3.28. The number of aromatic nitrogens is 1. The molecule has 0 fully saturated rings. The molecule has 4 heteroatoms. The minimum absolute atomic E-state index is 0.154. The van der Waals surface area contributed by atoms with Gasteiger partial charge in [0, 0.05) is 31.8 Å². The molecular weight excluding hydrogens is 296 g/mol. The van der Waals surface area contributed by atoms with Gasteiger partial charge in [-0.05, 0) is 36.0 Å². The fraction of sp³-hybridized carbons (Fsp3) is 0.333. The van der Waals surface area contributed by atoms with E-state index >= 15 is 0 Å². The van der Waals surface area contributed by atoms with E-state index in [1.54, 1.807) is 11.1 Å². The second-order valence-electron chi connectivity index (χ2n) is 5.84. The van der Waals surface area contributed by atoms with Gasteiger partial charge in [-0.25, -0.2) is 4.98 Å². The summed E-state index contributed by atoms with van der Waals surface area (Å²) in [4.78, 5) is 18.3. The van der Waals surface area contributed by atoms with Gasteiger partial charge in [0.25, 0.3) is 0 Å². The summed E-state index contributed by atoms with van der Waals surface area (Å²) in [5, 5.41) is 0.466. The Hall–Kier alpha value is -1.87. The molecule has 1 aliphatic rings. The van der Waals surface area contributed by atoms with Gasteiger partial charge in [-0.3, -0.25) is 4.79 Å². The summed E-state index contributed by atoms with van der Waals surface area (Å²) in [6, 6.07) is 12.2. The lowest BCUT2D eigenvalue weighted by Crippen LogP contribution is -2.27. The predicted octanol–water partition coefficient (Wildman–Crippen LogP) is 3.81. The highest BCUT2D eigenvalue weighted by Crippen LogP contribution is 2.35. The van der Waals surface area contributed by atoms with Crippen molar-refractivity contribution in [3.63, 3.8) is 0 Å². The van der Waals surface area contributed by atoms with Gasteiger partial charge in [-0.1, -0.05) is 41.9 Å². The van der Waals surface area contributed by atoms with Gasteiger partial charge in [0.2, 0.25) is 5.91 Å². The van der Waals surface area contributed by atoms with Crippen molar-refractivity contribution < 1.29 is 4.79 Å². The lowest BCUT2D eigenvalue weighted by molar-refractivity contribution is -0.130. The number of aryl methyl sites for hydroxylation is 1. The molecule has 3 nitrogen and oxygen atoms in total. The van der Waals surface area contributed by atoms with Crippen LogP contribution in [0, 0.1) is 0 Å². The van der Waals surface area contributed by atoms with E-state index in [1.807, 2.05) is 19.2 Å². The van der Waals surface area contributed by atoms with Crippen LogP contribution in [0.2, 0.25) is 5.15 Å². The topological polar surface area (TPSA) is 33.2 Å². The van der Waals surface area contributed by atoms with Crippen LogP contribution in [0.25, 0.3) is 0 Å². The van der Waals surface area contributed by atoms with E-state index in [0.29, 0.717) is 24.0 Å². The van der Waals surface area contributed by atoms with Gasteiger partial charge in [0.05, 0.1) is 0 Å². The van der Waals surface area contributed by atoms with Crippen LogP contribution in [0.1, 0.15) is 35.4 Å². The van der Waals surface area contributed by atoms with E-state index in [9.17, 15) is 4.79 Å². The number of pyridine rings is 1. The molecule has 0 saturated carbocycles. The van der Waals surface area contributed by atoms with Gasteiger partial charge in [-0.15, -0.1) is 0 Å². The third kappa shape index (κ3) is 3.14. The highest BCUT2D eigenvalue weighted by atomic mass is 35.5. The molecule has 0 bridgehead atoms. The van der Waals surface area contributed by atoms with Gasteiger partial charge in [-0.2, -0.15) is 0 Å². The van der Waals surface area contributed by atoms with Crippen LogP contribution < -0.4 is 0 Å². The number of amides is 1. The van der Waals surface area contributed by atoms with Crippen molar-refractivity contribution in [3.05, 3.63) is 64.4 Å². The number of rotatable bonds is 4. The number of nitrogens with zero attached hydrogens (tertiary/aromatic N) is 2. The zero-order valence-electron chi connectivity index (χ0n) is 12.6. The molecular formula is C18H19ClN2O. The molecule has 22 heavy (non-hydrogen) atoms. The van der Waals surface area contributed by atoms with Crippen LogP contribution in [0.4, 0.5) is 0 Å². The standard InChI is InChI=1S/C18H19ClN2O/c1-21(12-15-6-4-10-20-18(15)19)17(22)11-14-9-8-13-5-2-3-7-16(13)14/h2-7,10,14H,8-9,11-12H2,1H3/t14-/m1/s1. The molecule has 3 rings (SSSR count). The molecule has 114 valence electrons. The lowest BCUT2D eigenvalue weighted by Gasteiger charge is -2.20. The maximum absolute atomic E-state index is 12.5. The summed E-state index contributed by atoms with van der Waals surface area (Å²) >= 11 is 6.06. The van der Waals surface area contributed by atoms with Crippen LogP contribution in [0.5, 0.6) is 0 Å². The molecule has 1 aliphatic carbocycles. The summed E-state index contributed by atoms with van der Waals surface area (Å²) in [6.07, 6.45) is 4.35. The number of benzene rings is 1. The monoisotopic (exact) mass is 314 g/mol. The number of fused-ring (bicyclic) bond motifs is 1. The molecule has 0 N–H and O–H groups in total. The zero-order chi connectivity index (χ0) is 15.5. The summed E-state index contributed by atoms with van der Waals surface area (Å²) in [6.45, 7) is 0.500. The Kier molecular flexibility index (Phi) is 4.44. The summed E-state index contributed by atoms with van der Waals surface area (Å²) in [5.41, 5.74) is 3.61. The van der Waals surface area contributed by atoms with Crippen LogP contribution >= 0.6 is 11.6 Å². The molecule has 0 spiro atoms. The molecule has 2 aromatic rings. The Morgan fingerprint density at radius 1 is 1.32 bits per heavy atom. The number of hydrogen-bond donors (Lipinski definition) is 0. The Bertz CT molecular complexity index is 686. The SMILES string of the molecule is CN(Cc1cccnc1Cl)C(=O)C[C@H]1CCc2ccccc21. The molecule has 0 aliphatic heterocycles.